The molecule has 0 fully saturated rings. The molecule has 0 spiro atoms. The van der Waals surface area contributed by atoms with Gasteiger partial charge in [-0.25, -0.2) is 4.79 Å². The number of nitrogens with one attached hydrogen (secondary N) is 1. The number of carboxylic acid groups (broad SMARTS) is 1. The summed E-state index contributed by atoms with van der Waals surface area (Å²) in [5, 5.41) is 15.8. The van der Waals surface area contributed by atoms with Gasteiger partial charge in [0.15, 0.2) is 0 Å². The van der Waals surface area contributed by atoms with Crippen molar-refractivity contribution >= 4 is 39.7 Å². The van der Waals surface area contributed by atoms with Gasteiger partial charge in [0, 0.05) is 18.3 Å². The Hall–Kier alpha value is -3.54. The summed E-state index contributed by atoms with van der Waals surface area (Å²) < 4.78 is 6.31. The van der Waals surface area contributed by atoms with Crippen LogP contribution in [0.4, 0.5) is 11.4 Å². The molecule has 0 aliphatic carbocycles. The van der Waals surface area contributed by atoms with E-state index in [1.54, 1.807) is 12.1 Å². The van der Waals surface area contributed by atoms with Crippen molar-refractivity contribution in [3.8, 4) is 5.75 Å². The average Bonchev–Trinajstić information content (AvgIpc) is 2.86. The molecule has 0 radical (unpaired) electrons. The fourth-order valence-corrected chi connectivity index (χ4v) is 4.74. The third-order valence-corrected chi connectivity index (χ3v) is 6.60. The largest absolute Gasteiger partial charge is 0.485 e. The summed E-state index contributed by atoms with van der Waals surface area (Å²) >= 11 is 6.11. The third-order valence-electron chi connectivity index (χ3n) is 6.27. The Morgan fingerprint density at radius 2 is 1.85 bits per heavy atom. The second kappa shape index (κ2) is 9.37. The third kappa shape index (κ3) is 4.32. The van der Waals surface area contributed by atoms with Crippen LogP contribution >= 0.6 is 11.6 Å². The zero-order chi connectivity index (χ0) is 23.7. The number of fused-ring (bicyclic) bond motifs is 2. The van der Waals surface area contributed by atoms with Crippen molar-refractivity contribution in [2.24, 2.45) is 0 Å². The van der Waals surface area contributed by atoms with Crippen LogP contribution in [0.1, 0.15) is 28.9 Å². The summed E-state index contributed by atoms with van der Waals surface area (Å²) in [6.07, 6.45) is -0.128. The van der Waals surface area contributed by atoms with Crippen LogP contribution in [0.5, 0.6) is 5.75 Å². The second-order valence-corrected chi connectivity index (χ2v) is 8.89. The lowest BCUT2D eigenvalue weighted by Gasteiger charge is -2.37. The molecule has 1 heterocycles. The Kier molecular flexibility index (Phi) is 6.14. The van der Waals surface area contributed by atoms with Crippen LogP contribution in [-0.4, -0.2) is 30.3 Å². The van der Waals surface area contributed by atoms with Gasteiger partial charge < -0.3 is 20.1 Å². The Bertz CT molecular complexity index is 1350. The van der Waals surface area contributed by atoms with E-state index >= 15 is 0 Å². The molecule has 6 heteroatoms. The van der Waals surface area contributed by atoms with Crippen molar-refractivity contribution in [2.75, 3.05) is 18.0 Å². The quantitative estimate of drug-likeness (QED) is 0.338. The van der Waals surface area contributed by atoms with E-state index in [2.05, 4.69) is 59.6 Å². The SMILES string of the molecule is CC(NCC1CN(c2ccc(Cl)c(C(=O)O)c2)c2ccccc2O1)c1cccc2ccccc12. The number of nitrogens with zero attached hydrogens (tertiary/aromatic N) is 1. The molecule has 0 saturated heterocycles. The van der Waals surface area contributed by atoms with Crippen LogP contribution in [0.3, 0.4) is 0 Å². The van der Waals surface area contributed by atoms with Crippen LogP contribution in [-0.2, 0) is 0 Å². The fourth-order valence-electron chi connectivity index (χ4n) is 4.54. The predicted octanol–water partition coefficient (Wildman–Crippen LogP) is 6.44. The molecule has 172 valence electrons. The number of aromatic carboxylic acids is 1. The first-order chi connectivity index (χ1) is 16.5. The number of rotatable bonds is 6. The first kappa shape index (κ1) is 22.3. The topological polar surface area (TPSA) is 61.8 Å². The summed E-state index contributed by atoms with van der Waals surface area (Å²) in [7, 11) is 0. The van der Waals surface area contributed by atoms with Crippen LogP contribution < -0.4 is 15.0 Å². The van der Waals surface area contributed by atoms with Gasteiger partial charge in [0.05, 0.1) is 22.8 Å². The molecule has 4 aromatic rings. The highest BCUT2D eigenvalue weighted by atomic mass is 35.5. The van der Waals surface area contributed by atoms with Gasteiger partial charge >= 0.3 is 5.97 Å². The standard InChI is InChI=1S/C28H25ClN2O3/c1-18(22-10-6-8-19-7-2-3-9-23(19)22)30-16-21-17-31(26-11-4-5-12-27(26)34-21)20-13-14-25(29)24(15-20)28(32)33/h2-15,18,21,30H,16-17H2,1H3,(H,32,33). The average molecular weight is 473 g/mol. The van der Waals surface area contributed by atoms with Gasteiger partial charge in [-0.15, -0.1) is 0 Å². The van der Waals surface area contributed by atoms with Gasteiger partial charge in [-0.05, 0) is 53.6 Å². The van der Waals surface area contributed by atoms with Gasteiger partial charge in [0.1, 0.15) is 11.9 Å². The maximum Gasteiger partial charge on any atom is 0.337 e. The summed E-state index contributed by atoms with van der Waals surface area (Å²) in [4.78, 5) is 13.7. The number of para-hydroxylation sites is 2. The lowest BCUT2D eigenvalue weighted by Crippen LogP contribution is -2.44. The summed E-state index contributed by atoms with van der Waals surface area (Å²) in [6, 6.07) is 27.8. The molecule has 2 unspecified atom stereocenters. The molecule has 0 amide bonds. The first-order valence-corrected chi connectivity index (χ1v) is 11.7. The smallest absolute Gasteiger partial charge is 0.337 e. The molecule has 0 aromatic heterocycles. The van der Waals surface area contributed by atoms with Gasteiger partial charge in [-0.1, -0.05) is 66.2 Å². The zero-order valence-electron chi connectivity index (χ0n) is 18.7. The Morgan fingerprint density at radius 3 is 2.71 bits per heavy atom. The van der Waals surface area contributed by atoms with Crippen molar-refractivity contribution in [2.45, 2.75) is 19.1 Å². The van der Waals surface area contributed by atoms with E-state index < -0.39 is 5.97 Å². The molecule has 2 N–H and O–H groups in total. The lowest BCUT2D eigenvalue weighted by molar-refractivity contribution is 0.0697. The molecule has 0 saturated carbocycles. The minimum Gasteiger partial charge on any atom is -0.485 e. The van der Waals surface area contributed by atoms with Gasteiger partial charge in [0.25, 0.3) is 0 Å². The lowest BCUT2D eigenvalue weighted by atomic mass is 9.99. The molecule has 1 aliphatic rings. The van der Waals surface area contributed by atoms with E-state index in [0.717, 1.165) is 17.1 Å². The summed E-state index contributed by atoms with van der Waals surface area (Å²) in [5.41, 5.74) is 3.00. The maximum atomic E-state index is 11.6. The monoisotopic (exact) mass is 472 g/mol. The first-order valence-electron chi connectivity index (χ1n) is 11.3. The Balaban J connectivity index is 1.39. The van der Waals surface area contributed by atoms with Crippen LogP contribution in [0.2, 0.25) is 5.02 Å². The molecular formula is C28H25ClN2O3. The number of benzene rings is 4. The molecule has 0 bridgehead atoms. The number of anilines is 2. The normalized spacial score (nSPS) is 16.1. The van der Waals surface area contributed by atoms with Crippen molar-refractivity contribution in [1.29, 1.82) is 0 Å². The minimum atomic E-state index is -1.05. The highest BCUT2D eigenvalue weighted by Gasteiger charge is 2.28. The number of carbonyl (C=O) groups is 1. The van der Waals surface area contributed by atoms with Crippen molar-refractivity contribution in [3.05, 3.63) is 101 Å². The Labute approximate surface area is 203 Å². The summed E-state index contributed by atoms with van der Waals surface area (Å²) in [6.45, 7) is 3.37. The van der Waals surface area contributed by atoms with Crippen molar-refractivity contribution in [3.63, 3.8) is 0 Å². The second-order valence-electron chi connectivity index (χ2n) is 8.49. The van der Waals surface area contributed by atoms with Crippen LogP contribution in [0.25, 0.3) is 10.8 Å². The number of carboxylic acids is 1. The predicted molar refractivity (Wildman–Crippen MR) is 137 cm³/mol. The van der Waals surface area contributed by atoms with E-state index in [4.69, 9.17) is 16.3 Å². The van der Waals surface area contributed by atoms with Crippen LogP contribution in [0.15, 0.2) is 84.9 Å². The number of hydrogen-bond acceptors (Lipinski definition) is 4. The van der Waals surface area contributed by atoms with Crippen molar-refractivity contribution < 1.29 is 14.6 Å². The van der Waals surface area contributed by atoms with E-state index in [9.17, 15) is 9.90 Å². The molecule has 5 nitrogen and oxygen atoms in total. The van der Waals surface area contributed by atoms with E-state index in [1.807, 2.05) is 30.3 Å². The number of hydrogen-bond donors (Lipinski definition) is 2. The number of ether oxygens (including phenoxy) is 1. The molecule has 2 atom stereocenters. The van der Waals surface area contributed by atoms with Gasteiger partial charge in [0.2, 0.25) is 0 Å². The zero-order valence-corrected chi connectivity index (χ0v) is 19.5. The van der Waals surface area contributed by atoms with Gasteiger partial charge in [-0.2, -0.15) is 0 Å². The summed E-state index contributed by atoms with van der Waals surface area (Å²) in [5.74, 6) is -0.277. The molecule has 4 aromatic carbocycles. The molecular weight excluding hydrogens is 448 g/mol. The van der Waals surface area contributed by atoms with Gasteiger partial charge in [-0.3, -0.25) is 0 Å². The molecule has 34 heavy (non-hydrogen) atoms. The maximum absolute atomic E-state index is 11.6. The number of halogens is 1. The van der Waals surface area contributed by atoms with E-state index in [0.29, 0.717) is 13.1 Å². The minimum absolute atomic E-state index is 0.0855. The highest BCUT2D eigenvalue weighted by Crippen LogP contribution is 2.39. The van der Waals surface area contributed by atoms with E-state index in [-0.39, 0.29) is 22.7 Å². The molecule has 1 aliphatic heterocycles. The molecule has 5 rings (SSSR count). The van der Waals surface area contributed by atoms with Crippen LogP contribution in [0, 0.1) is 0 Å². The van der Waals surface area contributed by atoms with E-state index in [1.165, 1.54) is 16.3 Å². The fraction of sp³-hybridized carbons (Fsp3) is 0.179. The highest BCUT2D eigenvalue weighted by molar-refractivity contribution is 6.33. The Morgan fingerprint density at radius 1 is 1.09 bits per heavy atom. The van der Waals surface area contributed by atoms with Crippen molar-refractivity contribution in [1.82, 2.24) is 5.32 Å².